The van der Waals surface area contributed by atoms with Gasteiger partial charge in [0.25, 0.3) is 5.56 Å². The number of hydrogen-bond acceptors (Lipinski definition) is 6. The van der Waals surface area contributed by atoms with Gasteiger partial charge in [-0.1, -0.05) is 0 Å². The fourth-order valence-electron chi connectivity index (χ4n) is 2.35. The molecular weight excluding hydrogens is 393 g/mol. The molecule has 3 aromatic heterocycles. The van der Waals surface area contributed by atoms with Crippen LogP contribution < -0.4 is 16.6 Å². The van der Waals surface area contributed by atoms with Crippen molar-refractivity contribution in [1.29, 1.82) is 0 Å². The number of thiazole rings is 1. The number of alkyl halides is 3. The van der Waals surface area contributed by atoms with Gasteiger partial charge in [0.1, 0.15) is 4.83 Å². The van der Waals surface area contributed by atoms with Crippen LogP contribution in [0.2, 0.25) is 0 Å². The highest BCUT2D eigenvalue weighted by Crippen LogP contribution is 2.31. The van der Waals surface area contributed by atoms with Gasteiger partial charge in [-0.05, 0) is 10.9 Å². The van der Waals surface area contributed by atoms with Crippen molar-refractivity contribution < 1.29 is 18.0 Å². The van der Waals surface area contributed by atoms with Crippen LogP contribution in [0.15, 0.2) is 20.3 Å². The molecule has 3 aromatic rings. The largest absolute Gasteiger partial charge is 0.434 e. The van der Waals surface area contributed by atoms with E-state index in [2.05, 4.69) is 10.3 Å². The average molecular weight is 404 g/mol. The van der Waals surface area contributed by atoms with E-state index >= 15 is 0 Å². The highest BCUT2D eigenvalue weighted by Gasteiger charge is 2.33. The summed E-state index contributed by atoms with van der Waals surface area (Å²) in [5.41, 5.74) is -1.70. The molecule has 3 heterocycles. The number of nitrogens with zero attached hydrogens (tertiary/aromatic N) is 3. The van der Waals surface area contributed by atoms with Gasteiger partial charge in [-0.3, -0.25) is 18.7 Å². The third-order valence-corrected chi connectivity index (χ3v) is 5.50. The lowest BCUT2D eigenvalue weighted by atomic mass is 10.1. The zero-order valence-electron chi connectivity index (χ0n) is 13.4. The first-order chi connectivity index (χ1) is 12.1. The topological polar surface area (TPSA) is 86.0 Å². The minimum absolute atomic E-state index is 0.179. The number of carbonyl (C=O) groups excluding carboxylic acids is 1. The molecule has 1 N–H and O–H groups in total. The zero-order chi connectivity index (χ0) is 19.2. The molecule has 3 rings (SSSR count). The quantitative estimate of drug-likeness (QED) is 0.723. The Labute approximate surface area is 151 Å². The highest BCUT2D eigenvalue weighted by molar-refractivity contribution is 7.17. The summed E-state index contributed by atoms with van der Waals surface area (Å²) in [6.07, 6.45) is -4.81. The van der Waals surface area contributed by atoms with Gasteiger partial charge in [0.2, 0.25) is 5.91 Å². The first-order valence-corrected chi connectivity index (χ1v) is 8.84. The first-order valence-electron chi connectivity index (χ1n) is 7.08. The van der Waals surface area contributed by atoms with Crippen molar-refractivity contribution in [2.24, 2.45) is 14.1 Å². The molecule has 7 nitrogen and oxygen atoms in total. The number of fused-ring (bicyclic) bond motifs is 1. The fraction of sp³-hybridized carbons (Fsp3) is 0.286. The Kier molecular flexibility index (Phi) is 4.48. The molecule has 0 aliphatic heterocycles. The predicted molar refractivity (Wildman–Crippen MR) is 91.8 cm³/mol. The van der Waals surface area contributed by atoms with Crippen LogP contribution >= 0.6 is 22.7 Å². The van der Waals surface area contributed by atoms with E-state index in [9.17, 15) is 27.6 Å². The first kappa shape index (κ1) is 18.3. The molecule has 0 spiro atoms. The molecule has 12 heteroatoms. The number of aromatic nitrogens is 3. The number of halogens is 3. The fourth-order valence-corrected chi connectivity index (χ4v) is 4.11. The summed E-state index contributed by atoms with van der Waals surface area (Å²) in [4.78, 5) is 40.1. The van der Waals surface area contributed by atoms with Gasteiger partial charge in [-0.2, -0.15) is 13.2 Å². The summed E-state index contributed by atoms with van der Waals surface area (Å²) >= 11 is 1.80. The van der Waals surface area contributed by atoms with Crippen molar-refractivity contribution in [3.8, 4) is 0 Å². The van der Waals surface area contributed by atoms with Gasteiger partial charge in [-0.15, -0.1) is 22.7 Å². The maximum absolute atomic E-state index is 12.5. The number of amides is 1. The number of thiophene rings is 1. The summed E-state index contributed by atoms with van der Waals surface area (Å²) in [6.45, 7) is 0. The van der Waals surface area contributed by atoms with E-state index in [-0.39, 0.29) is 16.9 Å². The Hall–Kier alpha value is -2.47. The smallest absolute Gasteiger partial charge is 0.302 e. The third kappa shape index (κ3) is 3.17. The van der Waals surface area contributed by atoms with Crippen molar-refractivity contribution in [2.45, 2.75) is 12.6 Å². The number of rotatable bonds is 3. The molecule has 26 heavy (non-hydrogen) atoms. The Morgan fingerprint density at radius 1 is 1.19 bits per heavy atom. The number of carbonyl (C=O) groups is 1. The van der Waals surface area contributed by atoms with E-state index < -0.39 is 29.0 Å². The number of nitrogens with one attached hydrogen (secondary N) is 1. The van der Waals surface area contributed by atoms with Crippen molar-refractivity contribution in [3.05, 3.63) is 42.9 Å². The van der Waals surface area contributed by atoms with Crippen LogP contribution in [0, 0.1) is 0 Å². The molecule has 0 aliphatic rings. The Bertz CT molecular complexity index is 1120. The average Bonchev–Trinajstić information content (AvgIpc) is 3.18. The zero-order valence-corrected chi connectivity index (χ0v) is 15.0. The molecule has 1 amide bonds. The summed E-state index contributed by atoms with van der Waals surface area (Å²) in [6, 6.07) is 0. The maximum atomic E-state index is 12.5. The second-order valence-corrected chi connectivity index (χ2v) is 7.12. The molecule has 0 aliphatic carbocycles. The van der Waals surface area contributed by atoms with Crippen LogP contribution in [-0.4, -0.2) is 20.0 Å². The molecule has 0 bridgehead atoms. The second kappa shape index (κ2) is 6.36. The molecule has 138 valence electrons. The van der Waals surface area contributed by atoms with Crippen LogP contribution in [0.25, 0.3) is 10.2 Å². The molecule has 0 atom stereocenters. The normalized spacial score (nSPS) is 11.9. The van der Waals surface area contributed by atoms with Gasteiger partial charge >= 0.3 is 11.9 Å². The lowest BCUT2D eigenvalue weighted by molar-refractivity contribution is -0.140. The van der Waals surface area contributed by atoms with Crippen molar-refractivity contribution in [2.75, 3.05) is 5.32 Å². The van der Waals surface area contributed by atoms with Crippen LogP contribution in [0.1, 0.15) is 11.3 Å². The van der Waals surface area contributed by atoms with E-state index in [4.69, 9.17) is 0 Å². The summed E-state index contributed by atoms with van der Waals surface area (Å²) < 4.78 is 39.9. The van der Waals surface area contributed by atoms with E-state index in [1.54, 1.807) is 5.38 Å². The number of aryl methyl sites for hydroxylation is 1. The molecule has 0 saturated heterocycles. The van der Waals surface area contributed by atoms with Crippen LogP contribution in [0.4, 0.5) is 18.3 Å². The van der Waals surface area contributed by atoms with Crippen molar-refractivity contribution >= 4 is 43.9 Å². The standard InChI is InChI=1S/C14H11F3N4O3S2/c1-20-10(23)9-6(4-25-11(9)21(2)13(20)24)3-8(22)19-12-18-7(5-26-12)14(15,16)17/h4-5H,3H2,1-2H3,(H,18,19,22). The van der Waals surface area contributed by atoms with Gasteiger partial charge in [0, 0.05) is 19.5 Å². The molecule has 0 saturated carbocycles. The van der Waals surface area contributed by atoms with Crippen LogP contribution in [-0.2, 0) is 31.5 Å². The number of hydrogen-bond donors (Lipinski definition) is 1. The van der Waals surface area contributed by atoms with Crippen LogP contribution in [0.3, 0.4) is 0 Å². The lowest BCUT2D eigenvalue weighted by Crippen LogP contribution is -2.36. The summed E-state index contributed by atoms with van der Waals surface area (Å²) in [5, 5.41) is 4.74. The Morgan fingerprint density at radius 2 is 1.88 bits per heavy atom. The van der Waals surface area contributed by atoms with Crippen molar-refractivity contribution in [1.82, 2.24) is 14.1 Å². The molecule has 0 unspecified atom stereocenters. The minimum atomic E-state index is -4.58. The van der Waals surface area contributed by atoms with E-state index in [1.807, 2.05) is 0 Å². The summed E-state index contributed by atoms with van der Waals surface area (Å²) in [7, 11) is 2.85. The Balaban J connectivity index is 1.88. The van der Waals surface area contributed by atoms with E-state index in [0.29, 0.717) is 21.7 Å². The molecular formula is C14H11F3N4O3S2. The summed E-state index contributed by atoms with van der Waals surface area (Å²) in [5.74, 6) is -0.608. The van der Waals surface area contributed by atoms with Crippen LogP contribution in [0.5, 0.6) is 0 Å². The predicted octanol–water partition coefficient (Wildman–Crippen LogP) is 1.96. The van der Waals surface area contributed by atoms with E-state index in [1.165, 1.54) is 18.7 Å². The Morgan fingerprint density at radius 3 is 2.50 bits per heavy atom. The van der Waals surface area contributed by atoms with Gasteiger partial charge in [0.05, 0.1) is 11.8 Å². The molecule has 0 fully saturated rings. The third-order valence-electron chi connectivity index (χ3n) is 3.64. The SMILES string of the molecule is Cn1c(=O)c2c(CC(=O)Nc3nc(C(F)(F)F)cs3)csc2n(C)c1=O. The van der Waals surface area contributed by atoms with Gasteiger partial charge in [0.15, 0.2) is 10.8 Å². The minimum Gasteiger partial charge on any atom is -0.302 e. The maximum Gasteiger partial charge on any atom is 0.434 e. The molecule has 0 aromatic carbocycles. The molecule has 0 radical (unpaired) electrons. The second-order valence-electron chi connectivity index (χ2n) is 5.41. The van der Waals surface area contributed by atoms with E-state index in [0.717, 1.165) is 21.3 Å². The lowest BCUT2D eigenvalue weighted by Gasteiger charge is -2.05. The number of anilines is 1. The van der Waals surface area contributed by atoms with Gasteiger partial charge in [-0.25, -0.2) is 9.78 Å². The highest BCUT2D eigenvalue weighted by atomic mass is 32.1. The van der Waals surface area contributed by atoms with Gasteiger partial charge < -0.3 is 5.32 Å². The monoisotopic (exact) mass is 404 g/mol. The van der Waals surface area contributed by atoms with Crippen molar-refractivity contribution in [3.63, 3.8) is 0 Å².